The highest BCUT2D eigenvalue weighted by Crippen LogP contribution is 2.36. The van der Waals surface area contributed by atoms with Crippen molar-refractivity contribution in [2.45, 2.75) is 65.2 Å². The van der Waals surface area contributed by atoms with Gasteiger partial charge in [-0.25, -0.2) is 0 Å². The van der Waals surface area contributed by atoms with Crippen LogP contribution in [-0.2, 0) is 25.7 Å². The molecule has 5 rings (SSSR count). The molecule has 0 saturated heterocycles. The van der Waals surface area contributed by atoms with Gasteiger partial charge in [-0.15, -0.1) is 0 Å². The molecule has 0 nitrogen and oxygen atoms in total. The molecule has 0 amide bonds. The molecule has 0 aromatic heterocycles. The zero-order valence-corrected chi connectivity index (χ0v) is 24.5. The van der Waals surface area contributed by atoms with Gasteiger partial charge in [0.2, 0.25) is 0 Å². The molecule has 0 aliphatic rings. The normalized spacial score (nSPS) is 11.3. The monoisotopic (exact) mass is 522 g/mol. The van der Waals surface area contributed by atoms with Crippen molar-refractivity contribution in [1.82, 2.24) is 0 Å². The van der Waals surface area contributed by atoms with E-state index < -0.39 is 0 Å². The molecule has 5 aromatic carbocycles. The molecule has 0 heterocycles. The lowest BCUT2D eigenvalue weighted by Crippen LogP contribution is -2.07. The molecule has 0 fully saturated rings. The first-order valence-electron chi connectivity index (χ1n) is 15.1. The van der Waals surface area contributed by atoms with E-state index >= 15 is 0 Å². The van der Waals surface area contributed by atoms with Crippen molar-refractivity contribution in [3.8, 4) is 0 Å². The molecule has 0 radical (unpaired) electrons. The minimum atomic E-state index is 0.206. The third kappa shape index (κ3) is 6.13. The average molecular weight is 523 g/mol. The predicted octanol–water partition coefficient (Wildman–Crippen LogP) is 10.3. The van der Waals surface area contributed by atoms with Crippen LogP contribution in [-0.4, -0.2) is 0 Å². The number of aryl methyl sites for hydroxylation is 4. The van der Waals surface area contributed by atoms with Gasteiger partial charge in [-0.05, 0) is 81.3 Å². The molecule has 0 aliphatic carbocycles. The molecular formula is C40H42. The second-order valence-electron chi connectivity index (χ2n) is 10.9. The summed E-state index contributed by atoms with van der Waals surface area (Å²) in [7, 11) is 0. The van der Waals surface area contributed by atoms with Crippen LogP contribution < -0.4 is 0 Å². The van der Waals surface area contributed by atoms with E-state index in [1.807, 2.05) is 0 Å². The van der Waals surface area contributed by atoms with Gasteiger partial charge >= 0.3 is 0 Å². The molecule has 5 aromatic rings. The Balaban J connectivity index is 1.56. The maximum Gasteiger partial charge on any atom is 0.0339 e. The maximum absolute atomic E-state index is 2.36. The standard InChI is InChI=1S/C40H42/c1-5-29-9-17-33(18-10-29)39(34-19-11-30(6-2)12-20-34)37-25-27-38(28-26-37)40(35-21-13-31(7-3)14-22-35)36-23-15-32(8-4)16-24-36/h9-28,39-40H,5-8H2,1-4H3. The lowest BCUT2D eigenvalue weighted by atomic mass is 9.81. The molecule has 202 valence electrons. The van der Waals surface area contributed by atoms with E-state index in [9.17, 15) is 0 Å². The third-order valence-electron chi connectivity index (χ3n) is 8.49. The van der Waals surface area contributed by atoms with Gasteiger partial charge in [0.15, 0.2) is 0 Å². The Morgan fingerprint density at radius 3 is 0.575 bits per heavy atom. The van der Waals surface area contributed by atoms with Crippen molar-refractivity contribution in [2.75, 3.05) is 0 Å². The summed E-state index contributed by atoms with van der Waals surface area (Å²) in [4.78, 5) is 0. The fourth-order valence-corrected chi connectivity index (χ4v) is 5.82. The topological polar surface area (TPSA) is 0 Å². The third-order valence-corrected chi connectivity index (χ3v) is 8.49. The first-order chi connectivity index (χ1) is 19.6. The average Bonchev–Trinajstić information content (AvgIpc) is 3.03. The second kappa shape index (κ2) is 13.0. The first kappa shape index (κ1) is 27.7. The van der Waals surface area contributed by atoms with E-state index in [2.05, 4.69) is 149 Å². The molecule has 0 heteroatoms. The van der Waals surface area contributed by atoms with Crippen LogP contribution in [0.25, 0.3) is 0 Å². The number of benzene rings is 5. The van der Waals surface area contributed by atoms with Crippen molar-refractivity contribution in [3.63, 3.8) is 0 Å². The maximum atomic E-state index is 2.36. The van der Waals surface area contributed by atoms with E-state index in [-0.39, 0.29) is 11.8 Å². The summed E-state index contributed by atoms with van der Waals surface area (Å²) in [5, 5.41) is 0. The van der Waals surface area contributed by atoms with Crippen LogP contribution in [0.4, 0.5) is 0 Å². The Labute approximate surface area is 241 Å². The van der Waals surface area contributed by atoms with E-state index in [1.165, 1.54) is 55.6 Å². The highest BCUT2D eigenvalue weighted by Gasteiger charge is 2.20. The van der Waals surface area contributed by atoms with Gasteiger partial charge in [0.1, 0.15) is 0 Å². The second-order valence-corrected chi connectivity index (χ2v) is 10.9. The lowest BCUT2D eigenvalue weighted by molar-refractivity contribution is 0.944. The van der Waals surface area contributed by atoms with Crippen LogP contribution in [0.2, 0.25) is 0 Å². The Kier molecular flexibility index (Phi) is 8.97. The van der Waals surface area contributed by atoms with Crippen LogP contribution in [0.3, 0.4) is 0 Å². The molecule has 0 bridgehead atoms. The van der Waals surface area contributed by atoms with Crippen LogP contribution >= 0.6 is 0 Å². The van der Waals surface area contributed by atoms with Crippen LogP contribution in [0.15, 0.2) is 121 Å². The number of hydrogen-bond acceptors (Lipinski definition) is 0. The van der Waals surface area contributed by atoms with Gasteiger partial charge in [0.25, 0.3) is 0 Å². The minimum absolute atomic E-state index is 0.206. The van der Waals surface area contributed by atoms with Crippen LogP contribution in [0.5, 0.6) is 0 Å². The number of hydrogen-bond donors (Lipinski definition) is 0. The fraction of sp³-hybridized carbons (Fsp3) is 0.250. The van der Waals surface area contributed by atoms with Crippen molar-refractivity contribution in [3.05, 3.63) is 177 Å². The van der Waals surface area contributed by atoms with E-state index in [0.29, 0.717) is 0 Å². The molecule has 40 heavy (non-hydrogen) atoms. The summed E-state index contributed by atoms with van der Waals surface area (Å²) in [6.45, 7) is 8.88. The summed E-state index contributed by atoms with van der Waals surface area (Å²) < 4.78 is 0. The molecule has 0 aliphatic heterocycles. The van der Waals surface area contributed by atoms with E-state index in [0.717, 1.165) is 25.7 Å². The SMILES string of the molecule is CCc1ccc(C(c2ccc(CC)cc2)c2ccc(C(c3ccc(CC)cc3)c3ccc(CC)cc3)cc2)cc1. The molecule has 0 unspecified atom stereocenters. The summed E-state index contributed by atoms with van der Waals surface area (Å²) in [5.41, 5.74) is 13.6. The summed E-state index contributed by atoms with van der Waals surface area (Å²) in [6, 6.07) is 46.2. The van der Waals surface area contributed by atoms with Crippen molar-refractivity contribution in [1.29, 1.82) is 0 Å². The van der Waals surface area contributed by atoms with Gasteiger partial charge in [-0.1, -0.05) is 149 Å². The molecule has 0 saturated carbocycles. The van der Waals surface area contributed by atoms with Gasteiger partial charge in [-0.2, -0.15) is 0 Å². The summed E-state index contributed by atoms with van der Waals surface area (Å²) in [5.74, 6) is 0.411. The molecule has 0 N–H and O–H groups in total. The molecular weight excluding hydrogens is 480 g/mol. The van der Waals surface area contributed by atoms with Gasteiger partial charge in [0, 0.05) is 11.8 Å². The van der Waals surface area contributed by atoms with Crippen LogP contribution in [0, 0.1) is 0 Å². The lowest BCUT2D eigenvalue weighted by Gasteiger charge is -2.23. The minimum Gasteiger partial charge on any atom is -0.0613 e. The van der Waals surface area contributed by atoms with Gasteiger partial charge in [-0.3, -0.25) is 0 Å². The van der Waals surface area contributed by atoms with E-state index in [4.69, 9.17) is 0 Å². The smallest absolute Gasteiger partial charge is 0.0339 e. The van der Waals surface area contributed by atoms with Gasteiger partial charge < -0.3 is 0 Å². The predicted molar refractivity (Wildman–Crippen MR) is 172 cm³/mol. The Morgan fingerprint density at radius 2 is 0.425 bits per heavy atom. The zero-order chi connectivity index (χ0) is 27.9. The van der Waals surface area contributed by atoms with E-state index in [1.54, 1.807) is 0 Å². The Bertz CT molecular complexity index is 1260. The first-order valence-corrected chi connectivity index (χ1v) is 15.1. The summed E-state index contributed by atoms with van der Waals surface area (Å²) in [6.07, 6.45) is 4.24. The zero-order valence-electron chi connectivity index (χ0n) is 24.5. The summed E-state index contributed by atoms with van der Waals surface area (Å²) >= 11 is 0. The highest BCUT2D eigenvalue weighted by molar-refractivity contribution is 5.49. The largest absolute Gasteiger partial charge is 0.0613 e. The Hall–Kier alpha value is -3.90. The number of rotatable bonds is 10. The highest BCUT2D eigenvalue weighted by atomic mass is 14.2. The van der Waals surface area contributed by atoms with Crippen molar-refractivity contribution in [2.24, 2.45) is 0 Å². The van der Waals surface area contributed by atoms with Gasteiger partial charge in [0.05, 0.1) is 0 Å². The Morgan fingerprint density at radius 1 is 0.275 bits per heavy atom. The fourth-order valence-electron chi connectivity index (χ4n) is 5.82. The quantitative estimate of drug-likeness (QED) is 0.160. The van der Waals surface area contributed by atoms with Crippen molar-refractivity contribution < 1.29 is 0 Å². The van der Waals surface area contributed by atoms with Crippen LogP contribution in [0.1, 0.15) is 95.2 Å². The van der Waals surface area contributed by atoms with Crippen molar-refractivity contribution >= 4 is 0 Å². The molecule has 0 atom stereocenters. The molecule has 0 spiro atoms.